The second-order valence-corrected chi connectivity index (χ2v) is 2.86. The van der Waals surface area contributed by atoms with Gasteiger partial charge in [0.1, 0.15) is 0 Å². The van der Waals surface area contributed by atoms with Gasteiger partial charge >= 0.3 is 0 Å². The Bertz CT molecular complexity index is 273. The maximum atomic E-state index is 10.7. The van der Waals surface area contributed by atoms with E-state index in [1.807, 2.05) is 12.1 Å². The normalized spacial score (nSPS) is 12.4. The van der Waals surface area contributed by atoms with E-state index in [9.17, 15) is 4.79 Å². The summed E-state index contributed by atoms with van der Waals surface area (Å²) in [7, 11) is 0. The van der Waals surface area contributed by atoms with E-state index in [0.29, 0.717) is 6.54 Å². The molecular weight excluding hydrogens is 166 g/mol. The minimum atomic E-state index is -0.339. The van der Waals surface area contributed by atoms with Gasteiger partial charge in [-0.3, -0.25) is 9.78 Å². The monoisotopic (exact) mass is 179 g/mol. The first-order valence-corrected chi connectivity index (χ1v) is 4.12. The third kappa shape index (κ3) is 3.21. The Balaban J connectivity index is 2.39. The Labute approximate surface area is 77.2 Å². The summed E-state index contributed by atoms with van der Waals surface area (Å²) >= 11 is 0. The van der Waals surface area contributed by atoms with E-state index in [1.165, 1.54) is 0 Å². The van der Waals surface area contributed by atoms with E-state index in [-0.39, 0.29) is 11.9 Å². The molecule has 0 aliphatic carbocycles. The largest absolute Gasteiger partial charge is 0.368 e. The van der Waals surface area contributed by atoms with Crippen molar-refractivity contribution in [3.8, 4) is 0 Å². The Morgan fingerprint density at radius 1 is 1.62 bits per heavy atom. The maximum absolute atomic E-state index is 10.7. The lowest BCUT2D eigenvalue weighted by Crippen LogP contribution is -2.38. The van der Waals surface area contributed by atoms with Crippen LogP contribution in [0.3, 0.4) is 0 Å². The van der Waals surface area contributed by atoms with Crippen molar-refractivity contribution in [3.05, 3.63) is 30.1 Å². The summed E-state index contributed by atoms with van der Waals surface area (Å²) in [5.74, 6) is -0.339. The van der Waals surface area contributed by atoms with E-state index in [0.717, 1.165) is 5.56 Å². The summed E-state index contributed by atoms with van der Waals surface area (Å²) in [6, 6.07) is 3.48. The number of hydrogen-bond donors (Lipinski definition) is 2. The summed E-state index contributed by atoms with van der Waals surface area (Å²) in [5, 5.41) is 3.00. The number of pyridine rings is 1. The molecule has 13 heavy (non-hydrogen) atoms. The van der Waals surface area contributed by atoms with Gasteiger partial charge in [-0.05, 0) is 24.6 Å². The van der Waals surface area contributed by atoms with Crippen molar-refractivity contribution in [1.82, 2.24) is 10.3 Å². The molecule has 3 N–H and O–H groups in total. The molecule has 4 heteroatoms. The molecular formula is C9H13N3O. The smallest absolute Gasteiger partial charge is 0.234 e. The zero-order valence-electron chi connectivity index (χ0n) is 7.53. The zero-order chi connectivity index (χ0) is 9.68. The molecule has 1 amide bonds. The van der Waals surface area contributed by atoms with Gasteiger partial charge in [0.05, 0.1) is 6.04 Å². The van der Waals surface area contributed by atoms with Crippen LogP contribution in [0.1, 0.15) is 12.5 Å². The number of nitrogens with zero attached hydrogens (tertiary/aromatic N) is 1. The van der Waals surface area contributed by atoms with E-state index in [2.05, 4.69) is 10.3 Å². The van der Waals surface area contributed by atoms with Crippen LogP contribution in [0, 0.1) is 0 Å². The van der Waals surface area contributed by atoms with Crippen LogP contribution in [0.15, 0.2) is 24.5 Å². The maximum Gasteiger partial charge on any atom is 0.234 e. The molecule has 4 nitrogen and oxygen atoms in total. The van der Waals surface area contributed by atoms with E-state index < -0.39 is 0 Å². The molecule has 1 rings (SSSR count). The first kappa shape index (κ1) is 9.67. The van der Waals surface area contributed by atoms with Crippen LogP contribution in [0.2, 0.25) is 0 Å². The fraction of sp³-hybridized carbons (Fsp3) is 0.333. The van der Waals surface area contributed by atoms with Gasteiger partial charge in [-0.15, -0.1) is 0 Å². The lowest BCUT2D eigenvalue weighted by atomic mass is 10.2. The molecule has 1 unspecified atom stereocenters. The van der Waals surface area contributed by atoms with Gasteiger partial charge in [0.15, 0.2) is 0 Å². The fourth-order valence-electron chi connectivity index (χ4n) is 0.872. The molecule has 0 saturated heterocycles. The molecule has 0 aromatic carbocycles. The number of nitrogens with two attached hydrogens (primary N) is 1. The summed E-state index contributed by atoms with van der Waals surface area (Å²) in [6.07, 6.45) is 3.43. The van der Waals surface area contributed by atoms with Crippen molar-refractivity contribution in [2.75, 3.05) is 0 Å². The van der Waals surface area contributed by atoms with Crippen molar-refractivity contribution in [2.24, 2.45) is 5.73 Å². The van der Waals surface area contributed by atoms with Crippen molar-refractivity contribution in [2.45, 2.75) is 19.5 Å². The Morgan fingerprint density at radius 2 is 2.23 bits per heavy atom. The second-order valence-electron chi connectivity index (χ2n) is 2.86. The molecule has 0 aliphatic rings. The van der Waals surface area contributed by atoms with Crippen molar-refractivity contribution >= 4 is 5.91 Å². The quantitative estimate of drug-likeness (QED) is 0.686. The molecule has 0 bridgehead atoms. The molecule has 0 fully saturated rings. The van der Waals surface area contributed by atoms with Gasteiger partial charge in [-0.1, -0.05) is 0 Å². The minimum absolute atomic E-state index is 0.298. The van der Waals surface area contributed by atoms with Gasteiger partial charge in [0, 0.05) is 18.9 Å². The Morgan fingerprint density at radius 3 is 2.77 bits per heavy atom. The minimum Gasteiger partial charge on any atom is -0.368 e. The number of nitrogens with one attached hydrogen (secondary N) is 1. The van der Waals surface area contributed by atoms with Crippen molar-refractivity contribution < 1.29 is 4.79 Å². The average molecular weight is 179 g/mol. The topological polar surface area (TPSA) is 68.0 Å². The van der Waals surface area contributed by atoms with Gasteiger partial charge in [0.2, 0.25) is 5.91 Å². The van der Waals surface area contributed by atoms with Gasteiger partial charge in [0.25, 0.3) is 0 Å². The van der Waals surface area contributed by atoms with Crippen LogP contribution in [-0.2, 0) is 11.3 Å². The zero-order valence-corrected chi connectivity index (χ0v) is 7.53. The lowest BCUT2D eigenvalue weighted by molar-refractivity contribution is -0.119. The van der Waals surface area contributed by atoms with Gasteiger partial charge in [-0.25, -0.2) is 0 Å². The molecule has 0 aliphatic heterocycles. The van der Waals surface area contributed by atoms with Crippen LogP contribution in [-0.4, -0.2) is 16.9 Å². The van der Waals surface area contributed by atoms with Crippen molar-refractivity contribution in [3.63, 3.8) is 0 Å². The van der Waals surface area contributed by atoms with Crippen LogP contribution in [0.4, 0.5) is 0 Å². The summed E-state index contributed by atoms with van der Waals surface area (Å²) in [4.78, 5) is 14.6. The molecule has 1 aromatic heterocycles. The highest BCUT2D eigenvalue weighted by Gasteiger charge is 2.06. The number of amides is 1. The third-order valence-electron chi connectivity index (χ3n) is 1.79. The van der Waals surface area contributed by atoms with Crippen LogP contribution in [0.25, 0.3) is 0 Å². The highest BCUT2D eigenvalue weighted by atomic mass is 16.1. The molecule has 1 atom stereocenters. The Hall–Kier alpha value is -1.42. The van der Waals surface area contributed by atoms with Gasteiger partial charge in [-0.2, -0.15) is 0 Å². The number of primary amides is 1. The van der Waals surface area contributed by atoms with Crippen molar-refractivity contribution in [1.29, 1.82) is 0 Å². The molecule has 0 saturated carbocycles. The highest BCUT2D eigenvalue weighted by Crippen LogP contribution is 1.95. The SMILES string of the molecule is CC(NCc1ccncc1)C(N)=O. The molecule has 1 aromatic rings. The second kappa shape index (κ2) is 4.57. The molecule has 70 valence electrons. The highest BCUT2D eigenvalue weighted by molar-refractivity contribution is 5.79. The summed E-state index contributed by atoms with van der Waals surface area (Å²) in [6.45, 7) is 2.37. The third-order valence-corrected chi connectivity index (χ3v) is 1.79. The van der Waals surface area contributed by atoms with E-state index in [4.69, 9.17) is 5.73 Å². The van der Waals surface area contributed by atoms with Crippen LogP contribution < -0.4 is 11.1 Å². The number of hydrogen-bond acceptors (Lipinski definition) is 3. The fourth-order valence-corrected chi connectivity index (χ4v) is 0.872. The number of aromatic nitrogens is 1. The molecule has 0 spiro atoms. The Kier molecular flexibility index (Phi) is 3.40. The van der Waals surface area contributed by atoms with Gasteiger partial charge < -0.3 is 11.1 Å². The molecule has 1 heterocycles. The predicted octanol–water partition coefficient (Wildman–Crippen LogP) is 0.0450. The van der Waals surface area contributed by atoms with Crippen LogP contribution >= 0.6 is 0 Å². The molecule has 0 radical (unpaired) electrons. The predicted molar refractivity (Wildman–Crippen MR) is 49.7 cm³/mol. The number of rotatable bonds is 4. The first-order chi connectivity index (χ1) is 6.20. The first-order valence-electron chi connectivity index (χ1n) is 4.12. The average Bonchev–Trinajstić information content (AvgIpc) is 2.15. The number of carbonyl (C=O) groups is 1. The number of carbonyl (C=O) groups excluding carboxylic acids is 1. The lowest BCUT2D eigenvalue weighted by Gasteiger charge is -2.09. The van der Waals surface area contributed by atoms with E-state index >= 15 is 0 Å². The van der Waals surface area contributed by atoms with E-state index in [1.54, 1.807) is 19.3 Å². The summed E-state index contributed by atoms with van der Waals surface area (Å²) in [5.41, 5.74) is 6.17. The standard InChI is InChI=1S/C9H13N3O/c1-7(9(10)13)12-6-8-2-4-11-5-3-8/h2-5,7,12H,6H2,1H3,(H2,10,13). The van der Waals surface area contributed by atoms with Crippen LogP contribution in [0.5, 0.6) is 0 Å². The summed E-state index contributed by atoms with van der Waals surface area (Å²) < 4.78 is 0.